The lowest BCUT2D eigenvalue weighted by Crippen LogP contribution is -2.11. The molecule has 1 aromatic heterocycles. The number of aromatic nitrogens is 1. The first-order valence-corrected chi connectivity index (χ1v) is 6.97. The number of benzene rings is 2. The van der Waals surface area contributed by atoms with Gasteiger partial charge in [0.25, 0.3) is 5.91 Å². The maximum absolute atomic E-state index is 11.6. The molecule has 0 atom stereocenters. The van der Waals surface area contributed by atoms with E-state index in [9.17, 15) is 9.59 Å². The number of hydrogen-bond acceptors (Lipinski definition) is 2. The third-order valence-electron chi connectivity index (χ3n) is 3.46. The van der Waals surface area contributed by atoms with Crippen LogP contribution >= 0.6 is 15.9 Å². The van der Waals surface area contributed by atoms with E-state index in [-0.39, 0.29) is 5.56 Å². The minimum atomic E-state index is -1.02. The lowest BCUT2D eigenvalue weighted by atomic mass is 10.0. The fraction of sp³-hybridized carbons (Fsp3) is 0.0667. The monoisotopic (exact) mass is 346 g/mol. The number of amides is 1. The molecule has 4 N–H and O–H groups in total. The quantitative estimate of drug-likeness (QED) is 0.664. The Labute approximate surface area is 127 Å². The predicted molar refractivity (Wildman–Crippen MR) is 83.7 cm³/mol. The van der Waals surface area contributed by atoms with Gasteiger partial charge in [-0.1, -0.05) is 6.07 Å². The summed E-state index contributed by atoms with van der Waals surface area (Å²) in [4.78, 5) is 25.9. The number of hydrogen-bond donors (Lipinski definition) is 3. The lowest BCUT2D eigenvalue weighted by molar-refractivity contribution is 0.0696. The SMILES string of the molecule is Cc1cc(C(N)=O)c2[nH]c3c(Br)c(C(=O)O)ccc3c2c1. The molecule has 5 nitrogen and oxygen atoms in total. The van der Waals surface area contributed by atoms with Gasteiger partial charge in [0.15, 0.2) is 0 Å². The number of carbonyl (C=O) groups is 2. The van der Waals surface area contributed by atoms with Gasteiger partial charge in [-0.25, -0.2) is 4.79 Å². The number of aromatic carboxylic acids is 1. The molecule has 0 aliphatic carbocycles. The molecule has 0 radical (unpaired) electrons. The zero-order valence-electron chi connectivity index (χ0n) is 11.0. The molecule has 106 valence electrons. The summed E-state index contributed by atoms with van der Waals surface area (Å²) in [6.07, 6.45) is 0. The van der Waals surface area contributed by atoms with E-state index in [1.165, 1.54) is 6.07 Å². The largest absolute Gasteiger partial charge is 0.478 e. The summed E-state index contributed by atoms with van der Waals surface area (Å²) in [5.74, 6) is -1.54. The van der Waals surface area contributed by atoms with Crippen LogP contribution in [0.15, 0.2) is 28.7 Å². The molecule has 6 heteroatoms. The number of fused-ring (bicyclic) bond motifs is 3. The van der Waals surface area contributed by atoms with E-state index in [0.29, 0.717) is 21.1 Å². The number of carbonyl (C=O) groups excluding carboxylic acids is 1. The van der Waals surface area contributed by atoms with Gasteiger partial charge in [-0.3, -0.25) is 4.79 Å². The highest BCUT2D eigenvalue weighted by Crippen LogP contribution is 2.34. The van der Waals surface area contributed by atoms with Crippen LogP contribution in [-0.4, -0.2) is 22.0 Å². The third kappa shape index (κ3) is 1.99. The predicted octanol–water partition coefficient (Wildman–Crippen LogP) is 3.19. The van der Waals surface area contributed by atoms with Crippen molar-refractivity contribution in [2.45, 2.75) is 6.92 Å². The number of aryl methyl sites for hydroxylation is 1. The van der Waals surface area contributed by atoms with Crippen LogP contribution < -0.4 is 5.73 Å². The number of carboxylic acid groups (broad SMARTS) is 1. The van der Waals surface area contributed by atoms with Crippen molar-refractivity contribution in [2.75, 3.05) is 0 Å². The number of aromatic amines is 1. The summed E-state index contributed by atoms with van der Waals surface area (Å²) < 4.78 is 0.455. The summed E-state index contributed by atoms with van der Waals surface area (Å²) in [5.41, 5.74) is 8.14. The van der Waals surface area contributed by atoms with Gasteiger partial charge >= 0.3 is 5.97 Å². The molecule has 0 bridgehead atoms. The van der Waals surface area contributed by atoms with Crippen LogP contribution in [0.2, 0.25) is 0 Å². The van der Waals surface area contributed by atoms with Crippen molar-refractivity contribution < 1.29 is 14.7 Å². The van der Waals surface area contributed by atoms with E-state index < -0.39 is 11.9 Å². The summed E-state index contributed by atoms with van der Waals surface area (Å²) in [6, 6.07) is 6.92. The van der Waals surface area contributed by atoms with E-state index in [1.54, 1.807) is 12.1 Å². The van der Waals surface area contributed by atoms with Crippen molar-refractivity contribution in [1.29, 1.82) is 0 Å². The van der Waals surface area contributed by atoms with Gasteiger partial charge in [0.1, 0.15) is 0 Å². The molecule has 0 aliphatic heterocycles. The molecule has 2 aromatic carbocycles. The Hall–Kier alpha value is -2.34. The van der Waals surface area contributed by atoms with Crippen LogP contribution in [0.1, 0.15) is 26.3 Å². The highest BCUT2D eigenvalue weighted by atomic mass is 79.9. The second kappa shape index (κ2) is 4.60. The minimum absolute atomic E-state index is 0.159. The fourth-order valence-corrected chi connectivity index (χ4v) is 3.16. The highest BCUT2D eigenvalue weighted by molar-refractivity contribution is 9.10. The van der Waals surface area contributed by atoms with Gasteiger partial charge < -0.3 is 15.8 Å². The number of rotatable bonds is 2. The second-order valence-corrected chi connectivity index (χ2v) is 5.67. The van der Waals surface area contributed by atoms with E-state index >= 15 is 0 Å². The number of nitrogens with two attached hydrogens (primary N) is 1. The highest BCUT2D eigenvalue weighted by Gasteiger charge is 2.17. The molecule has 0 fully saturated rings. The number of primary amides is 1. The molecule has 3 rings (SSSR count). The van der Waals surface area contributed by atoms with Gasteiger partial charge in [-0.05, 0) is 46.6 Å². The molecule has 1 heterocycles. The van der Waals surface area contributed by atoms with Gasteiger partial charge in [0.2, 0.25) is 0 Å². The molecule has 0 aliphatic rings. The summed E-state index contributed by atoms with van der Waals surface area (Å²) in [6.45, 7) is 1.88. The van der Waals surface area contributed by atoms with Gasteiger partial charge in [0.05, 0.1) is 26.6 Å². The van der Waals surface area contributed by atoms with Crippen LogP contribution in [0.5, 0.6) is 0 Å². The van der Waals surface area contributed by atoms with Crippen molar-refractivity contribution in [3.8, 4) is 0 Å². The number of halogens is 1. The molecule has 0 unspecified atom stereocenters. The Morgan fingerprint density at radius 2 is 1.86 bits per heavy atom. The standard InChI is InChI=1S/C15H11BrN2O3/c1-6-4-9-7-2-3-8(15(20)21)11(16)13(7)18-12(9)10(5-6)14(17)19/h2-5,18H,1H3,(H2,17,19)(H,20,21). The smallest absolute Gasteiger partial charge is 0.336 e. The zero-order valence-corrected chi connectivity index (χ0v) is 12.6. The second-order valence-electron chi connectivity index (χ2n) is 4.88. The summed E-state index contributed by atoms with van der Waals surface area (Å²) >= 11 is 3.31. The van der Waals surface area contributed by atoms with E-state index in [2.05, 4.69) is 20.9 Å². The average Bonchev–Trinajstić information content (AvgIpc) is 2.77. The van der Waals surface area contributed by atoms with Crippen molar-refractivity contribution in [2.24, 2.45) is 5.73 Å². The molecule has 0 spiro atoms. The first-order chi connectivity index (χ1) is 9.90. The Kier molecular flexibility index (Phi) is 2.98. The Balaban J connectivity index is 2.50. The Morgan fingerprint density at radius 3 is 2.48 bits per heavy atom. The molecule has 1 amide bonds. The van der Waals surface area contributed by atoms with Crippen LogP contribution in [-0.2, 0) is 0 Å². The van der Waals surface area contributed by atoms with Crippen molar-refractivity contribution >= 4 is 49.6 Å². The average molecular weight is 347 g/mol. The zero-order chi connectivity index (χ0) is 15.3. The number of nitrogens with one attached hydrogen (secondary N) is 1. The molecule has 0 saturated heterocycles. The topological polar surface area (TPSA) is 96.2 Å². The van der Waals surface area contributed by atoms with Crippen LogP contribution in [0.4, 0.5) is 0 Å². The first-order valence-electron chi connectivity index (χ1n) is 6.17. The number of carboxylic acids is 1. The molecular formula is C15H11BrN2O3. The van der Waals surface area contributed by atoms with E-state index in [1.807, 2.05) is 13.0 Å². The van der Waals surface area contributed by atoms with Gasteiger partial charge in [0, 0.05) is 10.8 Å². The van der Waals surface area contributed by atoms with Crippen molar-refractivity contribution in [1.82, 2.24) is 4.98 Å². The number of H-pyrrole nitrogens is 1. The van der Waals surface area contributed by atoms with Gasteiger partial charge in [-0.15, -0.1) is 0 Å². The first kappa shape index (κ1) is 13.6. The van der Waals surface area contributed by atoms with E-state index in [4.69, 9.17) is 10.8 Å². The third-order valence-corrected chi connectivity index (χ3v) is 4.28. The van der Waals surface area contributed by atoms with Crippen molar-refractivity contribution in [3.63, 3.8) is 0 Å². The Bertz CT molecular complexity index is 928. The molecule has 21 heavy (non-hydrogen) atoms. The fourth-order valence-electron chi connectivity index (χ4n) is 2.54. The Morgan fingerprint density at radius 1 is 1.14 bits per heavy atom. The van der Waals surface area contributed by atoms with Crippen LogP contribution in [0.3, 0.4) is 0 Å². The summed E-state index contributed by atoms with van der Waals surface area (Å²) in [5, 5.41) is 10.9. The van der Waals surface area contributed by atoms with E-state index in [0.717, 1.165) is 16.3 Å². The van der Waals surface area contributed by atoms with Crippen molar-refractivity contribution in [3.05, 3.63) is 45.4 Å². The normalized spacial score (nSPS) is 11.1. The minimum Gasteiger partial charge on any atom is -0.478 e. The maximum atomic E-state index is 11.6. The molecular weight excluding hydrogens is 336 g/mol. The summed E-state index contributed by atoms with van der Waals surface area (Å²) in [7, 11) is 0. The lowest BCUT2D eigenvalue weighted by Gasteiger charge is -2.01. The van der Waals surface area contributed by atoms with Crippen LogP contribution in [0, 0.1) is 6.92 Å². The maximum Gasteiger partial charge on any atom is 0.336 e. The molecule has 0 saturated carbocycles. The molecule has 3 aromatic rings. The van der Waals surface area contributed by atoms with Gasteiger partial charge in [-0.2, -0.15) is 0 Å². The van der Waals surface area contributed by atoms with Crippen LogP contribution in [0.25, 0.3) is 21.8 Å².